The maximum atomic E-state index is 10.7. The zero-order valence-electron chi connectivity index (χ0n) is 9.40. The van der Waals surface area contributed by atoms with Crippen LogP contribution in [0, 0.1) is 11.8 Å². The molecular formula is C10H14O8. The van der Waals surface area contributed by atoms with Crippen LogP contribution in [-0.2, 0) is 19.2 Å². The van der Waals surface area contributed by atoms with Gasteiger partial charge in [0.15, 0.2) is 5.92 Å². The van der Waals surface area contributed by atoms with Gasteiger partial charge in [0.1, 0.15) is 0 Å². The molecule has 1 atom stereocenters. The second-order valence-corrected chi connectivity index (χ2v) is 3.79. The number of carbonyl (C=O) groups is 4. The van der Waals surface area contributed by atoms with Crippen LogP contribution in [0.3, 0.4) is 0 Å². The minimum absolute atomic E-state index is 0.0213. The number of aliphatic carboxylic acids is 4. The first kappa shape index (κ1) is 15.9. The van der Waals surface area contributed by atoms with E-state index in [4.69, 9.17) is 20.4 Å². The third-order valence-corrected chi connectivity index (χ3v) is 2.41. The van der Waals surface area contributed by atoms with E-state index in [0.29, 0.717) is 0 Å². The number of carboxylic acids is 4. The van der Waals surface area contributed by atoms with Crippen molar-refractivity contribution in [3.63, 3.8) is 0 Å². The highest BCUT2D eigenvalue weighted by atomic mass is 16.4. The highest BCUT2D eigenvalue weighted by Gasteiger charge is 2.27. The van der Waals surface area contributed by atoms with Crippen molar-refractivity contribution in [1.29, 1.82) is 0 Å². The van der Waals surface area contributed by atoms with Gasteiger partial charge in [0, 0.05) is 0 Å². The summed E-state index contributed by atoms with van der Waals surface area (Å²) < 4.78 is 0. The Balaban J connectivity index is 4.28. The lowest BCUT2D eigenvalue weighted by Crippen LogP contribution is -2.24. The topological polar surface area (TPSA) is 149 Å². The zero-order valence-corrected chi connectivity index (χ0v) is 9.40. The van der Waals surface area contributed by atoms with E-state index >= 15 is 0 Å². The van der Waals surface area contributed by atoms with Gasteiger partial charge >= 0.3 is 23.9 Å². The molecule has 18 heavy (non-hydrogen) atoms. The fourth-order valence-electron chi connectivity index (χ4n) is 1.44. The van der Waals surface area contributed by atoms with Crippen LogP contribution >= 0.6 is 0 Å². The molecule has 8 heteroatoms. The fraction of sp³-hybridized carbons (Fsp3) is 0.600. The first-order chi connectivity index (χ1) is 8.25. The summed E-state index contributed by atoms with van der Waals surface area (Å²) in [7, 11) is 0. The quantitative estimate of drug-likeness (QED) is 0.428. The maximum Gasteiger partial charge on any atom is 0.317 e. The predicted molar refractivity (Wildman–Crippen MR) is 56.0 cm³/mol. The highest BCUT2D eigenvalue weighted by Crippen LogP contribution is 2.17. The Morgan fingerprint density at radius 3 is 1.61 bits per heavy atom. The fourth-order valence-corrected chi connectivity index (χ4v) is 1.44. The van der Waals surface area contributed by atoms with Gasteiger partial charge in [0.2, 0.25) is 0 Å². The number of rotatable bonds is 9. The summed E-state index contributed by atoms with van der Waals surface area (Å²) in [5.41, 5.74) is 0. The summed E-state index contributed by atoms with van der Waals surface area (Å²) in [6, 6.07) is 0. The van der Waals surface area contributed by atoms with E-state index in [0.717, 1.165) is 0 Å². The Bertz CT molecular complexity index is 334. The Hall–Kier alpha value is -2.12. The Morgan fingerprint density at radius 1 is 0.778 bits per heavy atom. The van der Waals surface area contributed by atoms with E-state index in [1.807, 2.05) is 0 Å². The summed E-state index contributed by atoms with van der Waals surface area (Å²) in [6.45, 7) is 0. The molecule has 0 aromatic carbocycles. The molecule has 0 aromatic rings. The van der Waals surface area contributed by atoms with Crippen LogP contribution in [0.25, 0.3) is 0 Å². The van der Waals surface area contributed by atoms with Crippen molar-refractivity contribution in [2.75, 3.05) is 0 Å². The van der Waals surface area contributed by atoms with Crippen LogP contribution < -0.4 is 0 Å². The van der Waals surface area contributed by atoms with Crippen molar-refractivity contribution < 1.29 is 39.6 Å². The van der Waals surface area contributed by atoms with Gasteiger partial charge in [-0.1, -0.05) is 6.42 Å². The summed E-state index contributed by atoms with van der Waals surface area (Å²) in [4.78, 5) is 42.1. The second kappa shape index (κ2) is 7.25. The van der Waals surface area contributed by atoms with Crippen LogP contribution in [0.1, 0.15) is 25.7 Å². The summed E-state index contributed by atoms with van der Waals surface area (Å²) >= 11 is 0. The monoisotopic (exact) mass is 262 g/mol. The van der Waals surface area contributed by atoms with E-state index in [2.05, 4.69) is 0 Å². The van der Waals surface area contributed by atoms with E-state index in [1.54, 1.807) is 0 Å². The van der Waals surface area contributed by atoms with E-state index in [1.165, 1.54) is 0 Å². The molecular weight excluding hydrogens is 248 g/mol. The smallest absolute Gasteiger partial charge is 0.317 e. The van der Waals surface area contributed by atoms with Gasteiger partial charge < -0.3 is 20.4 Å². The van der Waals surface area contributed by atoms with Crippen LogP contribution in [0.15, 0.2) is 0 Å². The van der Waals surface area contributed by atoms with E-state index in [-0.39, 0.29) is 19.3 Å². The molecule has 0 saturated carbocycles. The van der Waals surface area contributed by atoms with Gasteiger partial charge in [-0.2, -0.15) is 0 Å². The van der Waals surface area contributed by atoms with Crippen LogP contribution in [0.2, 0.25) is 0 Å². The number of hydrogen-bond acceptors (Lipinski definition) is 4. The molecule has 0 rings (SSSR count). The minimum Gasteiger partial charge on any atom is -0.481 e. The molecule has 8 nitrogen and oxygen atoms in total. The molecule has 0 aliphatic rings. The molecule has 0 spiro atoms. The SMILES string of the molecule is O=C(O)CC(CCCC(C(=O)O)C(=O)O)C(=O)O. The molecule has 0 aliphatic carbocycles. The van der Waals surface area contributed by atoms with Gasteiger partial charge in [-0.25, -0.2) is 0 Å². The molecule has 0 saturated heterocycles. The number of carboxylic acid groups (broad SMARTS) is 4. The zero-order chi connectivity index (χ0) is 14.3. The summed E-state index contributed by atoms with van der Waals surface area (Å²) in [5.74, 6) is -8.27. The van der Waals surface area contributed by atoms with E-state index < -0.39 is 42.1 Å². The van der Waals surface area contributed by atoms with Crippen molar-refractivity contribution >= 4 is 23.9 Å². The molecule has 0 heterocycles. The van der Waals surface area contributed by atoms with Gasteiger partial charge in [0.05, 0.1) is 12.3 Å². The first-order valence-electron chi connectivity index (χ1n) is 5.16. The van der Waals surface area contributed by atoms with Gasteiger partial charge in [-0.05, 0) is 12.8 Å². The van der Waals surface area contributed by atoms with Crippen molar-refractivity contribution in [2.24, 2.45) is 11.8 Å². The largest absolute Gasteiger partial charge is 0.481 e. The highest BCUT2D eigenvalue weighted by molar-refractivity contribution is 5.92. The molecule has 102 valence electrons. The van der Waals surface area contributed by atoms with Crippen LogP contribution in [-0.4, -0.2) is 44.3 Å². The average Bonchev–Trinajstić information content (AvgIpc) is 2.20. The molecule has 0 aliphatic heterocycles. The Morgan fingerprint density at radius 2 is 1.28 bits per heavy atom. The first-order valence-corrected chi connectivity index (χ1v) is 5.16. The minimum atomic E-state index is -1.59. The van der Waals surface area contributed by atoms with Crippen molar-refractivity contribution in [2.45, 2.75) is 25.7 Å². The van der Waals surface area contributed by atoms with Crippen molar-refractivity contribution in [1.82, 2.24) is 0 Å². The van der Waals surface area contributed by atoms with Crippen LogP contribution in [0.5, 0.6) is 0 Å². The van der Waals surface area contributed by atoms with Crippen molar-refractivity contribution in [3.8, 4) is 0 Å². The summed E-state index contributed by atoms with van der Waals surface area (Å²) in [6.07, 6.45) is -0.847. The second-order valence-electron chi connectivity index (χ2n) is 3.79. The lowest BCUT2D eigenvalue weighted by atomic mass is 9.94. The molecule has 0 radical (unpaired) electrons. The molecule has 0 fully saturated rings. The van der Waals surface area contributed by atoms with Gasteiger partial charge in [-0.15, -0.1) is 0 Å². The third-order valence-electron chi connectivity index (χ3n) is 2.41. The number of hydrogen-bond donors (Lipinski definition) is 4. The average molecular weight is 262 g/mol. The Kier molecular flexibility index (Phi) is 6.40. The maximum absolute atomic E-state index is 10.7. The van der Waals surface area contributed by atoms with Gasteiger partial charge in [-0.3, -0.25) is 19.2 Å². The lowest BCUT2D eigenvalue weighted by Gasteiger charge is -2.11. The third kappa shape index (κ3) is 5.83. The van der Waals surface area contributed by atoms with Gasteiger partial charge in [0.25, 0.3) is 0 Å². The van der Waals surface area contributed by atoms with Crippen molar-refractivity contribution in [3.05, 3.63) is 0 Å². The lowest BCUT2D eigenvalue weighted by molar-refractivity contribution is -0.155. The molecule has 0 amide bonds. The molecule has 0 aromatic heterocycles. The van der Waals surface area contributed by atoms with Crippen LogP contribution in [0.4, 0.5) is 0 Å². The summed E-state index contributed by atoms with van der Waals surface area (Å²) in [5, 5.41) is 34.3. The van der Waals surface area contributed by atoms with E-state index in [9.17, 15) is 19.2 Å². The standard InChI is InChI=1S/C10H14O8/c11-7(12)4-5(8(13)14)2-1-3-6(9(15)16)10(17)18/h5-6H,1-4H2,(H,11,12)(H,13,14)(H,15,16)(H,17,18). The molecule has 1 unspecified atom stereocenters. The normalized spacial score (nSPS) is 12.1. The molecule has 0 bridgehead atoms. The predicted octanol–water partition coefficient (Wildman–Crippen LogP) is 0.118. The Labute approximate surface area is 102 Å². The molecule has 4 N–H and O–H groups in total.